The number of nitrogens with one attached hydrogen (secondary N) is 1. The van der Waals surface area contributed by atoms with Gasteiger partial charge in [0.25, 0.3) is 0 Å². The average molecular weight is 286 g/mol. The van der Waals surface area contributed by atoms with Crippen molar-refractivity contribution in [2.24, 2.45) is 0 Å². The first-order valence-electron chi connectivity index (χ1n) is 5.86. The fourth-order valence-corrected chi connectivity index (χ4v) is 1.64. The molecule has 0 saturated carbocycles. The summed E-state index contributed by atoms with van der Waals surface area (Å²) in [5.41, 5.74) is 1.23. The van der Waals surface area contributed by atoms with Gasteiger partial charge in [0.15, 0.2) is 0 Å². The van der Waals surface area contributed by atoms with Crippen molar-refractivity contribution in [2.45, 2.75) is 26.4 Å². The van der Waals surface area contributed by atoms with Gasteiger partial charge in [0, 0.05) is 11.1 Å². The Labute approximate surface area is 107 Å². The summed E-state index contributed by atoms with van der Waals surface area (Å²) in [4.78, 5) is 0. The van der Waals surface area contributed by atoms with Gasteiger partial charge in [-0.1, -0.05) is 35.0 Å². The van der Waals surface area contributed by atoms with E-state index < -0.39 is 0 Å². The number of ether oxygens (including phenoxy) is 1. The molecule has 0 aliphatic carbocycles. The molecule has 0 atom stereocenters. The molecule has 1 rings (SSSR count). The molecule has 90 valence electrons. The van der Waals surface area contributed by atoms with E-state index in [1.807, 2.05) is 12.1 Å². The molecule has 0 amide bonds. The molecule has 0 aliphatic rings. The lowest BCUT2D eigenvalue weighted by molar-refractivity contribution is 0.118. The van der Waals surface area contributed by atoms with Crippen molar-refractivity contribution in [3.63, 3.8) is 0 Å². The van der Waals surface area contributed by atoms with Crippen LogP contribution in [-0.4, -0.2) is 19.7 Å². The molecule has 0 fully saturated rings. The summed E-state index contributed by atoms with van der Waals surface area (Å²) in [6, 6.07) is 8.25. The van der Waals surface area contributed by atoms with Crippen LogP contribution in [0.5, 0.6) is 0 Å². The zero-order valence-electron chi connectivity index (χ0n) is 9.84. The minimum Gasteiger partial charge on any atom is -0.377 e. The third-order valence-corrected chi connectivity index (χ3v) is 2.78. The van der Waals surface area contributed by atoms with Gasteiger partial charge < -0.3 is 10.1 Å². The van der Waals surface area contributed by atoms with Gasteiger partial charge in [-0.05, 0) is 43.6 Å². The topological polar surface area (TPSA) is 21.3 Å². The van der Waals surface area contributed by atoms with Gasteiger partial charge >= 0.3 is 0 Å². The molecule has 0 bridgehead atoms. The first kappa shape index (κ1) is 13.7. The first-order valence-corrected chi connectivity index (χ1v) is 6.65. The van der Waals surface area contributed by atoms with Gasteiger partial charge in [0.05, 0.1) is 6.61 Å². The quantitative estimate of drug-likeness (QED) is 0.740. The normalized spacial score (nSPS) is 10.6. The van der Waals surface area contributed by atoms with E-state index in [0.29, 0.717) is 6.61 Å². The molecule has 0 aliphatic heterocycles. The molecule has 2 nitrogen and oxygen atoms in total. The maximum absolute atomic E-state index is 5.58. The lowest BCUT2D eigenvalue weighted by Crippen LogP contribution is -2.17. The minimum absolute atomic E-state index is 0.709. The summed E-state index contributed by atoms with van der Waals surface area (Å²) < 4.78 is 6.70. The zero-order valence-corrected chi connectivity index (χ0v) is 11.4. The molecular formula is C13H20BrNO. The minimum atomic E-state index is 0.709. The number of halogens is 1. The second-order valence-corrected chi connectivity index (χ2v) is 4.70. The van der Waals surface area contributed by atoms with Crippen molar-refractivity contribution >= 4 is 15.9 Å². The second kappa shape index (κ2) is 8.74. The van der Waals surface area contributed by atoms with Crippen molar-refractivity contribution in [2.75, 3.05) is 19.7 Å². The molecule has 0 aromatic heterocycles. The molecule has 0 unspecified atom stereocenters. The highest BCUT2D eigenvalue weighted by molar-refractivity contribution is 9.10. The lowest BCUT2D eigenvalue weighted by Gasteiger charge is -2.05. The standard InChI is InChI=1S/C13H20BrNO/c1-2-8-15-9-3-10-16-11-12-4-6-13(14)7-5-12/h4-7,15H,2-3,8-11H2,1H3. The molecule has 1 aromatic rings. The monoisotopic (exact) mass is 285 g/mol. The fourth-order valence-electron chi connectivity index (χ4n) is 1.37. The van der Waals surface area contributed by atoms with Gasteiger partial charge in [0.2, 0.25) is 0 Å². The highest BCUT2D eigenvalue weighted by Crippen LogP contribution is 2.11. The van der Waals surface area contributed by atoms with Crippen molar-refractivity contribution in [3.05, 3.63) is 34.3 Å². The molecule has 3 heteroatoms. The van der Waals surface area contributed by atoms with E-state index >= 15 is 0 Å². The Morgan fingerprint density at radius 3 is 2.62 bits per heavy atom. The van der Waals surface area contributed by atoms with Crippen molar-refractivity contribution in [3.8, 4) is 0 Å². The van der Waals surface area contributed by atoms with E-state index in [1.54, 1.807) is 0 Å². The fraction of sp³-hybridized carbons (Fsp3) is 0.538. The first-order chi connectivity index (χ1) is 7.83. The molecule has 0 saturated heterocycles. The summed E-state index contributed by atoms with van der Waals surface area (Å²) in [5, 5.41) is 3.35. The average Bonchev–Trinajstić information content (AvgIpc) is 2.30. The van der Waals surface area contributed by atoms with Crippen LogP contribution in [-0.2, 0) is 11.3 Å². The predicted octanol–water partition coefficient (Wildman–Crippen LogP) is 3.36. The summed E-state index contributed by atoms with van der Waals surface area (Å²) >= 11 is 3.41. The van der Waals surface area contributed by atoms with Crippen LogP contribution < -0.4 is 5.32 Å². The molecule has 1 aromatic carbocycles. The lowest BCUT2D eigenvalue weighted by atomic mass is 10.2. The van der Waals surface area contributed by atoms with E-state index in [2.05, 4.69) is 40.3 Å². The van der Waals surface area contributed by atoms with Crippen LogP contribution in [0.3, 0.4) is 0 Å². The van der Waals surface area contributed by atoms with Crippen LogP contribution in [0.1, 0.15) is 25.3 Å². The van der Waals surface area contributed by atoms with E-state index in [0.717, 1.165) is 30.6 Å². The smallest absolute Gasteiger partial charge is 0.0716 e. The number of hydrogen-bond donors (Lipinski definition) is 1. The van der Waals surface area contributed by atoms with Crippen molar-refractivity contribution in [1.29, 1.82) is 0 Å². The Balaban J connectivity index is 2.01. The Morgan fingerprint density at radius 1 is 1.19 bits per heavy atom. The molecule has 16 heavy (non-hydrogen) atoms. The molecular weight excluding hydrogens is 266 g/mol. The summed E-state index contributed by atoms with van der Waals surface area (Å²) in [5.74, 6) is 0. The van der Waals surface area contributed by atoms with Crippen LogP contribution in [0.25, 0.3) is 0 Å². The molecule has 1 N–H and O–H groups in total. The van der Waals surface area contributed by atoms with Gasteiger partial charge in [-0.15, -0.1) is 0 Å². The Kier molecular flexibility index (Phi) is 7.47. The van der Waals surface area contributed by atoms with Crippen LogP contribution in [0, 0.1) is 0 Å². The van der Waals surface area contributed by atoms with Crippen LogP contribution in [0.2, 0.25) is 0 Å². The number of rotatable bonds is 8. The van der Waals surface area contributed by atoms with E-state index in [4.69, 9.17) is 4.74 Å². The van der Waals surface area contributed by atoms with E-state index in [-0.39, 0.29) is 0 Å². The third kappa shape index (κ3) is 6.26. The summed E-state index contributed by atoms with van der Waals surface area (Å²) in [6.45, 7) is 5.87. The maximum atomic E-state index is 5.58. The maximum Gasteiger partial charge on any atom is 0.0716 e. The predicted molar refractivity (Wildman–Crippen MR) is 71.6 cm³/mol. The molecule has 0 radical (unpaired) electrons. The number of hydrogen-bond acceptors (Lipinski definition) is 2. The highest BCUT2D eigenvalue weighted by atomic mass is 79.9. The Hall–Kier alpha value is -0.380. The van der Waals surface area contributed by atoms with Gasteiger partial charge in [0.1, 0.15) is 0 Å². The van der Waals surface area contributed by atoms with Crippen LogP contribution >= 0.6 is 15.9 Å². The zero-order chi connectivity index (χ0) is 11.6. The van der Waals surface area contributed by atoms with Gasteiger partial charge in [-0.25, -0.2) is 0 Å². The molecule has 0 heterocycles. The van der Waals surface area contributed by atoms with Crippen molar-refractivity contribution < 1.29 is 4.74 Å². The van der Waals surface area contributed by atoms with E-state index in [1.165, 1.54) is 12.0 Å². The Morgan fingerprint density at radius 2 is 1.94 bits per heavy atom. The number of benzene rings is 1. The summed E-state index contributed by atoms with van der Waals surface area (Å²) in [7, 11) is 0. The van der Waals surface area contributed by atoms with Crippen LogP contribution in [0.15, 0.2) is 28.7 Å². The van der Waals surface area contributed by atoms with Crippen LogP contribution in [0.4, 0.5) is 0 Å². The van der Waals surface area contributed by atoms with Crippen molar-refractivity contribution in [1.82, 2.24) is 5.32 Å². The van der Waals surface area contributed by atoms with E-state index in [9.17, 15) is 0 Å². The largest absolute Gasteiger partial charge is 0.377 e. The second-order valence-electron chi connectivity index (χ2n) is 3.78. The van der Waals surface area contributed by atoms with Gasteiger partial charge in [-0.3, -0.25) is 0 Å². The SMILES string of the molecule is CCCNCCCOCc1ccc(Br)cc1. The third-order valence-electron chi connectivity index (χ3n) is 2.25. The summed E-state index contributed by atoms with van der Waals surface area (Å²) in [6.07, 6.45) is 2.27. The highest BCUT2D eigenvalue weighted by Gasteiger charge is 1.93. The van der Waals surface area contributed by atoms with Gasteiger partial charge in [-0.2, -0.15) is 0 Å². The molecule has 0 spiro atoms. The Bertz CT molecular complexity index is 274.